The molecule has 15 rings (SSSR count). The van der Waals surface area contributed by atoms with Crippen LogP contribution in [0.3, 0.4) is 0 Å². The van der Waals surface area contributed by atoms with Crippen molar-refractivity contribution in [1.29, 1.82) is 0 Å². The van der Waals surface area contributed by atoms with E-state index in [1.54, 1.807) is 0 Å². The van der Waals surface area contributed by atoms with Gasteiger partial charge in [-0.25, -0.2) is 0 Å². The lowest BCUT2D eigenvalue weighted by atomic mass is 9.95. The standard InChI is InChI=1S/2C21H21P.C20H21P3.C20H20P2.C20H19P/c1-14-10-19(17-6-8-21(22)9-7-17)13-20(11-14)18-5-4-15(2)16(3)12-18;1-14-7-9-20(15(2)11-14)19-6-4-5-17(13-19)18-8-10-21(22)16(3)12-18;1-14-11-18(5-6-19(14)13-23-22)17-4-2-3-16(12-17)15-7-9-20(21)10-8-15;1-14-11-19(22)9-10-20(14)18-4-2-3-17(12-18)16-7-5-15(13-21)6-8-16;1-14-6-11-20(15(2)12-14)18-5-3-4-17(13-18)16-7-9-19(21)10-8-16/h2*4-13H,22H2,1-3H3;2-12,23H,13,21-22H2,1H3;2-12H,13,21-22H2,1H3;3-13H,21H2,1-2H3. The Morgan fingerprint density at radius 1 is 0.218 bits per heavy atom. The lowest BCUT2D eigenvalue weighted by Gasteiger charge is -2.10. The Morgan fingerprint density at radius 3 is 0.945 bits per heavy atom. The van der Waals surface area contributed by atoms with Gasteiger partial charge in [0.05, 0.1) is 0 Å². The van der Waals surface area contributed by atoms with Crippen molar-refractivity contribution in [1.82, 2.24) is 0 Å². The number of hydrogen-bond acceptors (Lipinski definition) is 0. The van der Waals surface area contributed by atoms with E-state index in [-0.39, 0.29) is 0 Å². The molecule has 0 radical (unpaired) electrons. The summed E-state index contributed by atoms with van der Waals surface area (Å²) >= 11 is 0. The molecule has 8 atom stereocenters. The van der Waals surface area contributed by atoms with Gasteiger partial charge in [0.1, 0.15) is 0 Å². The topological polar surface area (TPSA) is 0 Å². The zero-order chi connectivity index (χ0) is 78.0. The maximum absolute atomic E-state index is 2.83. The molecule has 0 spiro atoms. The molecule has 8 unspecified atom stereocenters. The largest absolute Gasteiger partial charge is 0.133 e. The third kappa shape index (κ3) is 22.8. The summed E-state index contributed by atoms with van der Waals surface area (Å²) in [6.45, 7) is 21.7. The second kappa shape index (κ2) is 39.8. The number of hydrogen-bond donors (Lipinski definition) is 0. The third-order valence-corrected chi connectivity index (χ3v) is 24.0. The molecule has 110 heavy (non-hydrogen) atoms. The number of rotatable bonds is 13. The lowest BCUT2D eigenvalue weighted by molar-refractivity contribution is 1.31. The molecule has 15 aromatic carbocycles. The minimum atomic E-state index is 0.888. The normalized spacial score (nSPS) is 10.8. The average Bonchev–Trinajstić information content (AvgIpc) is 0.830. The Balaban J connectivity index is 0.000000136. The molecule has 0 bridgehead atoms. The van der Waals surface area contributed by atoms with Crippen LogP contribution in [0.2, 0.25) is 0 Å². The zero-order valence-corrected chi connectivity index (χ0v) is 74.1. The van der Waals surface area contributed by atoms with Crippen LogP contribution >= 0.6 is 72.6 Å². The van der Waals surface area contributed by atoms with E-state index < -0.39 is 0 Å². The van der Waals surface area contributed by atoms with Crippen molar-refractivity contribution in [2.24, 2.45) is 0 Å². The first-order valence-electron chi connectivity index (χ1n) is 37.4. The van der Waals surface area contributed by atoms with Crippen LogP contribution in [-0.4, -0.2) is 0 Å². The van der Waals surface area contributed by atoms with E-state index in [4.69, 9.17) is 0 Å². The Morgan fingerprint density at radius 2 is 0.536 bits per heavy atom. The van der Waals surface area contributed by atoms with Crippen LogP contribution in [-0.2, 0) is 12.3 Å². The molecule has 0 fully saturated rings. The fourth-order valence-corrected chi connectivity index (χ4v) is 16.4. The van der Waals surface area contributed by atoms with Crippen LogP contribution in [0.5, 0.6) is 0 Å². The highest BCUT2D eigenvalue weighted by Gasteiger charge is 2.12. The molecule has 0 saturated heterocycles. The summed E-state index contributed by atoms with van der Waals surface area (Å²) in [5.74, 6) is 0. The van der Waals surface area contributed by atoms with Gasteiger partial charge in [0.25, 0.3) is 0 Å². The smallest absolute Gasteiger partial charge is 0.00637 e. The van der Waals surface area contributed by atoms with E-state index >= 15 is 0 Å². The fraction of sp³-hybridized carbons (Fsp3) is 0.118. The molecule has 0 aromatic heterocycles. The van der Waals surface area contributed by atoms with Gasteiger partial charge in [-0.1, -0.05) is 311 Å². The molecule has 0 aliphatic rings. The van der Waals surface area contributed by atoms with E-state index in [0.29, 0.717) is 0 Å². The summed E-state index contributed by atoms with van der Waals surface area (Å²) in [6, 6.07) is 117. The first-order chi connectivity index (χ1) is 53.0. The Labute approximate surface area is 675 Å². The highest BCUT2D eigenvalue weighted by atomic mass is 32.0. The molecular formula is C102H102P8. The fourth-order valence-electron chi connectivity index (χ4n) is 13.7. The van der Waals surface area contributed by atoms with Crippen LogP contribution in [0, 0.1) is 69.2 Å². The lowest BCUT2D eigenvalue weighted by Crippen LogP contribution is -1.95. The van der Waals surface area contributed by atoms with Gasteiger partial charge >= 0.3 is 0 Å². The van der Waals surface area contributed by atoms with Crippen molar-refractivity contribution in [3.63, 3.8) is 0 Å². The van der Waals surface area contributed by atoms with E-state index in [9.17, 15) is 0 Å². The van der Waals surface area contributed by atoms with Gasteiger partial charge in [-0.15, -0.1) is 64.4 Å². The second-order valence-electron chi connectivity index (χ2n) is 28.8. The van der Waals surface area contributed by atoms with Gasteiger partial charge in [0, 0.05) is 0 Å². The van der Waals surface area contributed by atoms with Crippen molar-refractivity contribution >= 4 is 99.2 Å². The van der Waals surface area contributed by atoms with Crippen LogP contribution in [0.4, 0.5) is 0 Å². The van der Waals surface area contributed by atoms with E-state index in [1.807, 2.05) is 0 Å². The predicted octanol–water partition coefficient (Wildman–Crippen LogP) is 27.0. The van der Waals surface area contributed by atoms with E-state index in [2.05, 4.69) is 455 Å². The van der Waals surface area contributed by atoms with Crippen molar-refractivity contribution in [2.75, 3.05) is 0 Å². The number of benzene rings is 15. The molecule has 550 valence electrons. The minimum absolute atomic E-state index is 0.888. The first kappa shape index (κ1) is 82.7. The summed E-state index contributed by atoms with van der Waals surface area (Å²) in [7, 11) is 20.2. The molecule has 15 aromatic rings. The van der Waals surface area contributed by atoms with Crippen molar-refractivity contribution in [3.05, 3.63) is 388 Å². The summed E-state index contributed by atoms with van der Waals surface area (Å²) in [5, 5.41) is 6.13. The van der Waals surface area contributed by atoms with Gasteiger partial charge in [-0.05, 0) is 305 Å². The van der Waals surface area contributed by atoms with Gasteiger partial charge < -0.3 is 0 Å². The molecular weight excluding hydrogens is 1470 g/mol. The van der Waals surface area contributed by atoms with Crippen molar-refractivity contribution < 1.29 is 0 Å². The SMILES string of the molecule is Cc1cc(-c2ccc(P)cc2)cc(-c2ccc(C)c(C)c2)c1.Cc1cc(-c2cccc(-c3ccc(P)cc3)c2)ccc1CPP.Cc1cc(P)ccc1-c1cccc(-c2ccc(CP)cc2)c1.Cc1ccc(-c2cccc(-c3ccc(P)c(C)c3)c2)c(C)c1.Cc1ccc(-c2cccc(-c3ccc(P)cc3)c2)c(C)c1. The Kier molecular flexibility index (Phi) is 29.9. The molecule has 8 heteroatoms. The van der Waals surface area contributed by atoms with Crippen molar-refractivity contribution in [2.45, 2.75) is 81.6 Å². The predicted molar refractivity (Wildman–Crippen MR) is 516 cm³/mol. The Hall–Kier alpha value is -8.26. The molecule has 0 aliphatic carbocycles. The summed E-state index contributed by atoms with van der Waals surface area (Å²) in [5.41, 5.74) is 41.6. The highest BCUT2D eigenvalue weighted by molar-refractivity contribution is 8.02. The van der Waals surface area contributed by atoms with Gasteiger partial charge in [0.15, 0.2) is 0 Å². The molecule has 0 saturated carbocycles. The zero-order valence-electron chi connectivity index (χ0n) is 65.1. The Bertz CT molecular complexity index is 5640. The summed E-state index contributed by atoms with van der Waals surface area (Å²) in [6.07, 6.45) is 2.15. The maximum atomic E-state index is 2.83. The van der Waals surface area contributed by atoms with Crippen LogP contribution in [0.25, 0.3) is 111 Å². The molecule has 0 heterocycles. The second-order valence-corrected chi connectivity index (χ2v) is 34.5. The van der Waals surface area contributed by atoms with Crippen LogP contribution < -0.4 is 26.5 Å². The summed E-state index contributed by atoms with van der Waals surface area (Å²) in [4.78, 5) is 0. The first-order valence-corrected chi connectivity index (χ1v) is 44.2. The average molecular weight is 1580 g/mol. The third-order valence-electron chi connectivity index (χ3n) is 20.1. The molecule has 0 nitrogen and oxygen atoms in total. The summed E-state index contributed by atoms with van der Waals surface area (Å²) < 4.78 is 0. The van der Waals surface area contributed by atoms with Gasteiger partial charge in [-0.2, -0.15) is 0 Å². The maximum Gasteiger partial charge on any atom is -0.00637 e. The molecule has 0 aliphatic heterocycles. The number of aryl methyl sites for hydroxylation is 10. The quantitative estimate of drug-likeness (QED) is 0.101. The highest BCUT2D eigenvalue weighted by Crippen LogP contribution is 2.36. The van der Waals surface area contributed by atoms with Crippen LogP contribution in [0.15, 0.2) is 322 Å². The molecule has 0 N–H and O–H groups in total. The monoisotopic (exact) mass is 1570 g/mol. The van der Waals surface area contributed by atoms with E-state index in [0.717, 1.165) is 20.6 Å². The minimum Gasteiger partial charge on any atom is -0.133 e. The van der Waals surface area contributed by atoms with Gasteiger partial charge in [-0.3, -0.25) is 0 Å². The molecule has 0 amide bonds. The van der Waals surface area contributed by atoms with Crippen LogP contribution in [0.1, 0.15) is 66.8 Å². The van der Waals surface area contributed by atoms with Crippen molar-refractivity contribution in [3.8, 4) is 111 Å². The van der Waals surface area contributed by atoms with Gasteiger partial charge in [0.2, 0.25) is 0 Å². The van der Waals surface area contributed by atoms with E-state index in [1.165, 1.54) is 205 Å².